The third-order valence-electron chi connectivity index (χ3n) is 1.82. The average molecular weight is 255 g/mol. The number of carbonyl (C=O) groups excluding carboxylic acids is 1. The Kier molecular flexibility index (Phi) is 3.33. The van der Waals surface area contributed by atoms with E-state index >= 15 is 0 Å². The van der Waals surface area contributed by atoms with Gasteiger partial charge in [-0.05, 0) is 43.2 Å². The second kappa shape index (κ2) is 4.55. The van der Waals surface area contributed by atoms with Crippen molar-refractivity contribution in [1.29, 1.82) is 0 Å². The lowest BCUT2D eigenvalue weighted by atomic mass is 10.3. The topological polar surface area (TPSA) is 29.4 Å². The lowest BCUT2D eigenvalue weighted by Gasteiger charge is -1.87. The first kappa shape index (κ1) is 11.0. The van der Waals surface area contributed by atoms with Crippen LogP contribution in [0.25, 0.3) is 6.08 Å². The maximum absolute atomic E-state index is 11.5. The number of aliphatic imine (C=N–C) groups is 1. The van der Waals surface area contributed by atoms with Crippen LogP contribution in [0.4, 0.5) is 0 Å². The van der Waals surface area contributed by atoms with Gasteiger partial charge < -0.3 is 0 Å². The van der Waals surface area contributed by atoms with E-state index in [1.54, 1.807) is 11.3 Å². The molecule has 1 aliphatic heterocycles. The summed E-state index contributed by atoms with van der Waals surface area (Å²) in [6.07, 6.45) is 3.79. The van der Waals surface area contributed by atoms with Gasteiger partial charge in [0.1, 0.15) is 10.1 Å². The molecule has 2 rings (SSSR count). The maximum Gasteiger partial charge on any atom is 0.244 e. The average Bonchev–Trinajstić information content (AvgIpc) is 2.75. The Morgan fingerprint density at radius 1 is 1.47 bits per heavy atom. The number of thiophene rings is 1. The number of aryl methyl sites for hydroxylation is 1. The third-order valence-corrected chi connectivity index (χ3v) is 4.61. The molecule has 0 spiro atoms. The van der Waals surface area contributed by atoms with Crippen molar-refractivity contribution in [2.45, 2.75) is 6.92 Å². The van der Waals surface area contributed by atoms with Gasteiger partial charge in [0.2, 0.25) is 5.12 Å². The zero-order valence-electron chi connectivity index (χ0n) is 8.31. The van der Waals surface area contributed by atoms with E-state index in [1.165, 1.54) is 28.4 Å². The third kappa shape index (κ3) is 2.53. The summed E-state index contributed by atoms with van der Waals surface area (Å²) in [5.74, 6) is 0. The van der Waals surface area contributed by atoms with Crippen LogP contribution in [-0.4, -0.2) is 15.7 Å². The van der Waals surface area contributed by atoms with Gasteiger partial charge in [-0.2, -0.15) is 0 Å². The molecule has 0 fully saturated rings. The molecule has 2 nitrogen and oxygen atoms in total. The van der Waals surface area contributed by atoms with Crippen molar-refractivity contribution >= 4 is 50.4 Å². The van der Waals surface area contributed by atoms with Crippen LogP contribution in [0.5, 0.6) is 0 Å². The Balaban J connectivity index is 2.27. The summed E-state index contributed by atoms with van der Waals surface area (Å²) >= 11 is 4.39. The Morgan fingerprint density at radius 2 is 2.27 bits per heavy atom. The molecular weight excluding hydrogens is 246 g/mol. The summed E-state index contributed by atoms with van der Waals surface area (Å²) in [6, 6.07) is 4.06. The van der Waals surface area contributed by atoms with E-state index in [-0.39, 0.29) is 5.12 Å². The molecule has 0 atom stereocenters. The van der Waals surface area contributed by atoms with Gasteiger partial charge in [0, 0.05) is 9.75 Å². The van der Waals surface area contributed by atoms with Gasteiger partial charge in [-0.25, -0.2) is 4.99 Å². The Morgan fingerprint density at radius 3 is 2.80 bits per heavy atom. The second-order valence-corrected chi connectivity index (χ2v) is 6.28. The highest BCUT2D eigenvalue weighted by Crippen LogP contribution is 2.30. The molecule has 0 N–H and O–H groups in total. The van der Waals surface area contributed by atoms with Crippen molar-refractivity contribution in [3.63, 3.8) is 0 Å². The molecule has 1 aliphatic rings. The fourth-order valence-corrected chi connectivity index (χ4v) is 3.22. The van der Waals surface area contributed by atoms with Crippen LogP contribution in [0.1, 0.15) is 9.75 Å². The highest BCUT2D eigenvalue weighted by atomic mass is 32.2. The fraction of sp³-hybridized carbons (Fsp3) is 0.200. The number of carbonyl (C=O) groups is 1. The van der Waals surface area contributed by atoms with Crippen molar-refractivity contribution in [2.75, 3.05) is 6.26 Å². The summed E-state index contributed by atoms with van der Waals surface area (Å²) in [7, 11) is 0. The van der Waals surface area contributed by atoms with E-state index in [0.717, 1.165) is 9.25 Å². The molecule has 0 aromatic carbocycles. The van der Waals surface area contributed by atoms with Crippen LogP contribution in [0.3, 0.4) is 0 Å². The minimum atomic E-state index is 0.0467. The van der Waals surface area contributed by atoms with Crippen LogP contribution in [0.15, 0.2) is 22.8 Å². The zero-order chi connectivity index (χ0) is 10.8. The van der Waals surface area contributed by atoms with E-state index < -0.39 is 0 Å². The molecule has 0 saturated heterocycles. The molecule has 15 heavy (non-hydrogen) atoms. The Labute approximate surface area is 101 Å². The summed E-state index contributed by atoms with van der Waals surface area (Å²) in [5, 5.41) is 0.0467. The van der Waals surface area contributed by atoms with E-state index in [1.807, 2.05) is 24.5 Å². The van der Waals surface area contributed by atoms with Crippen LogP contribution in [0, 0.1) is 6.92 Å². The molecule has 0 saturated carbocycles. The number of hydrogen-bond acceptors (Lipinski definition) is 5. The highest BCUT2D eigenvalue weighted by molar-refractivity contribution is 8.45. The van der Waals surface area contributed by atoms with Gasteiger partial charge in [0.05, 0.1) is 0 Å². The molecule has 0 unspecified atom stereocenters. The number of nitrogens with zero attached hydrogens (tertiary/aromatic N) is 1. The monoisotopic (exact) mass is 255 g/mol. The van der Waals surface area contributed by atoms with Crippen molar-refractivity contribution < 1.29 is 4.79 Å². The van der Waals surface area contributed by atoms with Crippen LogP contribution in [0.2, 0.25) is 0 Å². The molecule has 2 heterocycles. The second-order valence-electron chi connectivity index (χ2n) is 2.95. The van der Waals surface area contributed by atoms with Crippen LogP contribution >= 0.6 is 34.9 Å². The minimum absolute atomic E-state index is 0.0467. The summed E-state index contributed by atoms with van der Waals surface area (Å²) < 4.78 is 0.833. The predicted octanol–water partition coefficient (Wildman–Crippen LogP) is 3.39. The molecular formula is C10H9NOS3. The van der Waals surface area contributed by atoms with E-state index in [2.05, 4.69) is 11.9 Å². The highest BCUT2D eigenvalue weighted by Gasteiger charge is 2.21. The van der Waals surface area contributed by atoms with Gasteiger partial charge in [-0.1, -0.05) is 0 Å². The summed E-state index contributed by atoms with van der Waals surface area (Å²) in [4.78, 5) is 18.1. The van der Waals surface area contributed by atoms with Crippen LogP contribution < -0.4 is 0 Å². The van der Waals surface area contributed by atoms with Crippen LogP contribution in [-0.2, 0) is 4.79 Å². The van der Waals surface area contributed by atoms with Gasteiger partial charge >= 0.3 is 0 Å². The van der Waals surface area contributed by atoms with Crippen molar-refractivity contribution in [3.8, 4) is 0 Å². The normalized spacial score (nSPS) is 18.7. The Hall–Kier alpha value is -0.520. The van der Waals surface area contributed by atoms with Gasteiger partial charge in [0.25, 0.3) is 0 Å². The molecule has 78 valence electrons. The van der Waals surface area contributed by atoms with E-state index in [9.17, 15) is 4.79 Å². The SMILES string of the molecule is CSC1=NC(=Cc2ccc(C)s2)C(=O)S1. The molecule has 0 bridgehead atoms. The number of rotatable bonds is 1. The number of hydrogen-bond donors (Lipinski definition) is 0. The molecule has 0 aliphatic carbocycles. The lowest BCUT2D eigenvalue weighted by Crippen LogP contribution is -1.86. The number of thioether (sulfide) groups is 2. The maximum atomic E-state index is 11.5. The van der Waals surface area contributed by atoms with Gasteiger partial charge in [0.15, 0.2) is 0 Å². The first-order valence-electron chi connectivity index (χ1n) is 4.32. The first-order valence-corrected chi connectivity index (χ1v) is 7.18. The Bertz CT molecular complexity index is 459. The quantitative estimate of drug-likeness (QED) is 0.720. The van der Waals surface area contributed by atoms with Crippen molar-refractivity contribution in [3.05, 3.63) is 27.6 Å². The standard InChI is InChI=1S/C10H9NOS3/c1-6-3-4-7(14-6)5-8-9(12)15-10(11-8)13-2/h3-5H,1-2H3. The van der Waals surface area contributed by atoms with E-state index in [0.29, 0.717) is 5.70 Å². The zero-order valence-corrected chi connectivity index (χ0v) is 10.8. The molecule has 0 amide bonds. The molecule has 0 radical (unpaired) electrons. The predicted molar refractivity (Wildman–Crippen MR) is 70.6 cm³/mol. The first-order chi connectivity index (χ1) is 7.19. The van der Waals surface area contributed by atoms with E-state index in [4.69, 9.17) is 0 Å². The fourth-order valence-electron chi connectivity index (χ4n) is 1.14. The molecule has 1 aromatic heterocycles. The lowest BCUT2D eigenvalue weighted by molar-refractivity contribution is -0.107. The minimum Gasteiger partial charge on any atom is -0.279 e. The van der Waals surface area contributed by atoms with Gasteiger partial charge in [-0.15, -0.1) is 23.1 Å². The molecule has 1 aromatic rings. The van der Waals surface area contributed by atoms with Crippen molar-refractivity contribution in [2.24, 2.45) is 4.99 Å². The van der Waals surface area contributed by atoms with Crippen molar-refractivity contribution in [1.82, 2.24) is 0 Å². The smallest absolute Gasteiger partial charge is 0.244 e. The van der Waals surface area contributed by atoms with Gasteiger partial charge in [-0.3, -0.25) is 4.79 Å². The summed E-state index contributed by atoms with van der Waals surface area (Å²) in [5.41, 5.74) is 0.561. The largest absolute Gasteiger partial charge is 0.279 e. The summed E-state index contributed by atoms with van der Waals surface area (Å²) in [6.45, 7) is 2.05. The molecule has 5 heteroatoms.